The van der Waals surface area contributed by atoms with E-state index in [1.54, 1.807) is 0 Å². The third-order valence-corrected chi connectivity index (χ3v) is 4.02. The van der Waals surface area contributed by atoms with E-state index in [2.05, 4.69) is 5.32 Å². The molecule has 2 rings (SSSR count). The molecule has 1 N–H and O–H groups in total. The number of hydrogen-bond acceptors (Lipinski definition) is 2. The molecule has 9 heteroatoms. The molecule has 21 heavy (non-hydrogen) atoms. The molecule has 2 atom stereocenters. The van der Waals surface area contributed by atoms with E-state index in [-0.39, 0.29) is 51.3 Å². The summed E-state index contributed by atoms with van der Waals surface area (Å²) in [5.41, 5.74) is 0. The van der Waals surface area contributed by atoms with Gasteiger partial charge in [-0.1, -0.05) is 0 Å². The van der Waals surface area contributed by atoms with Gasteiger partial charge in [0.15, 0.2) is 0 Å². The van der Waals surface area contributed by atoms with Crippen LogP contribution in [0, 0.1) is 11.8 Å². The molecule has 1 amide bonds. The predicted molar refractivity (Wildman–Crippen MR) is 68.5 cm³/mol. The van der Waals surface area contributed by atoms with E-state index in [1.165, 1.54) is 0 Å². The number of piperidine rings is 2. The molecule has 0 radical (unpaired) electrons. The zero-order chi connectivity index (χ0) is 15.0. The number of likely N-dealkylation sites (tertiary alicyclic amines) is 1. The average molecular weight is 337 g/mol. The Balaban J connectivity index is 0.00000220. The van der Waals surface area contributed by atoms with Crippen LogP contribution < -0.4 is 5.32 Å². The Morgan fingerprint density at radius 2 is 2.00 bits per heavy atom. The van der Waals surface area contributed by atoms with Crippen molar-refractivity contribution in [2.24, 2.45) is 11.8 Å². The summed E-state index contributed by atoms with van der Waals surface area (Å²) < 4.78 is 64.8. The average Bonchev–Trinajstić information content (AvgIpc) is 2.30. The van der Waals surface area contributed by atoms with Gasteiger partial charge in [-0.15, -0.1) is 12.4 Å². The number of carbonyl (C=O) groups excluding carboxylic acids is 1. The van der Waals surface area contributed by atoms with Crippen molar-refractivity contribution in [3.05, 3.63) is 0 Å². The van der Waals surface area contributed by atoms with Crippen molar-refractivity contribution in [1.29, 1.82) is 0 Å². The number of halogens is 6. The third-order valence-electron chi connectivity index (χ3n) is 4.02. The molecule has 2 saturated heterocycles. The molecule has 0 aromatic carbocycles. The maximum absolute atomic E-state index is 13.8. The molecule has 2 heterocycles. The van der Waals surface area contributed by atoms with Gasteiger partial charge in [0.2, 0.25) is 5.91 Å². The van der Waals surface area contributed by atoms with Crippen molar-refractivity contribution in [3.8, 4) is 0 Å². The Morgan fingerprint density at radius 1 is 1.33 bits per heavy atom. The number of amides is 1. The van der Waals surface area contributed by atoms with Gasteiger partial charge in [-0.05, 0) is 12.3 Å². The van der Waals surface area contributed by atoms with Crippen LogP contribution in [-0.2, 0) is 4.79 Å². The minimum atomic E-state index is -4.50. The first kappa shape index (κ1) is 18.4. The fourth-order valence-corrected chi connectivity index (χ4v) is 3.00. The Labute approximate surface area is 125 Å². The largest absolute Gasteiger partial charge is 0.406 e. The molecule has 2 aliphatic rings. The number of nitrogens with one attached hydrogen (secondary N) is 1. The van der Waals surface area contributed by atoms with Gasteiger partial charge in [0.25, 0.3) is 5.92 Å². The number of rotatable bonds is 2. The molecule has 2 aliphatic heterocycles. The Bertz CT molecular complexity index is 377. The Hall–Kier alpha value is -0.630. The van der Waals surface area contributed by atoms with Gasteiger partial charge in [0.1, 0.15) is 6.54 Å². The van der Waals surface area contributed by atoms with E-state index in [0.717, 1.165) is 0 Å². The van der Waals surface area contributed by atoms with Crippen LogP contribution in [-0.4, -0.2) is 49.1 Å². The highest BCUT2D eigenvalue weighted by molar-refractivity contribution is 5.85. The minimum absolute atomic E-state index is 0. The lowest BCUT2D eigenvalue weighted by Crippen LogP contribution is -2.53. The monoisotopic (exact) mass is 336 g/mol. The maximum atomic E-state index is 13.8. The van der Waals surface area contributed by atoms with Crippen molar-refractivity contribution >= 4 is 18.3 Å². The Morgan fingerprint density at radius 3 is 2.57 bits per heavy atom. The van der Waals surface area contributed by atoms with E-state index in [9.17, 15) is 26.7 Å². The molecule has 2 unspecified atom stereocenters. The van der Waals surface area contributed by atoms with Crippen LogP contribution in [0.25, 0.3) is 0 Å². The summed E-state index contributed by atoms with van der Waals surface area (Å²) in [7, 11) is 0. The predicted octanol–water partition coefficient (Wildman–Crippen LogP) is 2.45. The lowest BCUT2D eigenvalue weighted by atomic mass is 9.78. The highest BCUT2D eigenvalue weighted by Crippen LogP contribution is 2.39. The van der Waals surface area contributed by atoms with Gasteiger partial charge in [0, 0.05) is 38.4 Å². The smallest absolute Gasteiger partial charge is 0.333 e. The summed E-state index contributed by atoms with van der Waals surface area (Å²) in [5, 5.41) is 2.86. The van der Waals surface area contributed by atoms with Crippen LogP contribution >= 0.6 is 12.4 Å². The molecule has 0 spiro atoms. The lowest BCUT2D eigenvalue weighted by molar-refractivity contribution is -0.170. The molecule has 0 bridgehead atoms. The summed E-state index contributed by atoms with van der Waals surface area (Å²) in [5.74, 6) is -5.07. The lowest BCUT2D eigenvalue weighted by Gasteiger charge is -2.42. The van der Waals surface area contributed by atoms with E-state index in [1.807, 2.05) is 0 Å². The summed E-state index contributed by atoms with van der Waals surface area (Å²) in [6.07, 6.45) is -4.66. The molecule has 3 nitrogen and oxygen atoms in total. The van der Waals surface area contributed by atoms with E-state index >= 15 is 0 Å². The molecule has 0 aliphatic carbocycles. The van der Waals surface area contributed by atoms with Crippen LogP contribution in [0.1, 0.15) is 19.3 Å². The van der Waals surface area contributed by atoms with Gasteiger partial charge in [0.05, 0.1) is 0 Å². The first-order valence-electron chi connectivity index (χ1n) is 6.62. The second kappa shape index (κ2) is 6.64. The Kier molecular flexibility index (Phi) is 5.83. The third kappa shape index (κ3) is 4.67. The summed E-state index contributed by atoms with van der Waals surface area (Å²) in [6.45, 7) is -1.29. The summed E-state index contributed by atoms with van der Waals surface area (Å²) >= 11 is 0. The molecule has 0 aromatic rings. The molecule has 124 valence electrons. The second-order valence-corrected chi connectivity index (χ2v) is 5.51. The van der Waals surface area contributed by atoms with Crippen LogP contribution in [0.4, 0.5) is 22.0 Å². The normalized spacial score (nSPS) is 30.0. The van der Waals surface area contributed by atoms with Crippen LogP contribution in [0.3, 0.4) is 0 Å². The van der Waals surface area contributed by atoms with Crippen molar-refractivity contribution in [1.82, 2.24) is 10.2 Å². The van der Waals surface area contributed by atoms with E-state index in [0.29, 0.717) is 4.90 Å². The SMILES string of the molecule is Cl.O=C1CCC(C2CNCCC2(F)F)CN1CC(F)(F)F. The standard InChI is InChI=1S/C12H17F5N2O.ClH/c13-11(14)3-4-18-5-9(11)8-1-2-10(20)19(6-8)7-12(15,16)17;/h8-9,18H,1-7H2;1H. The van der Waals surface area contributed by atoms with Crippen molar-refractivity contribution in [3.63, 3.8) is 0 Å². The molecular weight excluding hydrogens is 319 g/mol. The zero-order valence-electron chi connectivity index (χ0n) is 11.3. The second-order valence-electron chi connectivity index (χ2n) is 5.51. The molecule has 2 fully saturated rings. The first-order chi connectivity index (χ1) is 9.19. The van der Waals surface area contributed by atoms with Gasteiger partial charge in [-0.2, -0.15) is 13.2 Å². The van der Waals surface area contributed by atoms with Crippen molar-refractivity contribution in [2.45, 2.75) is 31.4 Å². The number of hydrogen-bond donors (Lipinski definition) is 1. The van der Waals surface area contributed by atoms with Crippen molar-refractivity contribution < 1.29 is 26.7 Å². The van der Waals surface area contributed by atoms with E-state index < -0.39 is 36.4 Å². The topological polar surface area (TPSA) is 32.3 Å². The first-order valence-corrected chi connectivity index (χ1v) is 6.62. The van der Waals surface area contributed by atoms with Crippen molar-refractivity contribution in [2.75, 3.05) is 26.2 Å². The quantitative estimate of drug-likeness (QED) is 0.786. The van der Waals surface area contributed by atoms with Gasteiger partial charge in [-0.25, -0.2) is 8.78 Å². The number of nitrogens with zero attached hydrogens (tertiary/aromatic N) is 1. The summed E-state index contributed by atoms with van der Waals surface area (Å²) in [6, 6.07) is 0. The van der Waals surface area contributed by atoms with Gasteiger partial charge in [-0.3, -0.25) is 4.79 Å². The molecule has 0 aromatic heterocycles. The highest BCUT2D eigenvalue weighted by atomic mass is 35.5. The van der Waals surface area contributed by atoms with Crippen LogP contribution in [0.2, 0.25) is 0 Å². The molecular formula is C12H18ClF5N2O. The highest BCUT2D eigenvalue weighted by Gasteiger charge is 2.48. The van der Waals surface area contributed by atoms with Crippen LogP contribution in [0.5, 0.6) is 0 Å². The summed E-state index contributed by atoms with van der Waals surface area (Å²) in [4.78, 5) is 12.2. The number of carbonyl (C=O) groups is 1. The van der Waals surface area contributed by atoms with E-state index in [4.69, 9.17) is 0 Å². The van der Waals surface area contributed by atoms with Crippen LogP contribution in [0.15, 0.2) is 0 Å². The number of alkyl halides is 5. The fourth-order valence-electron chi connectivity index (χ4n) is 3.00. The maximum Gasteiger partial charge on any atom is 0.406 e. The fraction of sp³-hybridized carbons (Fsp3) is 0.917. The van der Waals surface area contributed by atoms with Gasteiger partial charge >= 0.3 is 6.18 Å². The minimum Gasteiger partial charge on any atom is -0.333 e. The zero-order valence-corrected chi connectivity index (χ0v) is 12.1. The molecule has 0 saturated carbocycles. The van der Waals surface area contributed by atoms with Gasteiger partial charge < -0.3 is 10.2 Å².